The van der Waals surface area contributed by atoms with Gasteiger partial charge in [0.05, 0.1) is 12.1 Å². The second-order valence-electron chi connectivity index (χ2n) is 4.96. The van der Waals surface area contributed by atoms with Crippen molar-refractivity contribution in [2.24, 2.45) is 0 Å². The molecule has 1 heterocycles. The van der Waals surface area contributed by atoms with E-state index in [1.54, 1.807) is 0 Å². The van der Waals surface area contributed by atoms with Gasteiger partial charge in [-0.3, -0.25) is 9.69 Å². The number of likely N-dealkylation sites (tertiary alicyclic amines) is 1. The zero-order chi connectivity index (χ0) is 13.8. The summed E-state index contributed by atoms with van der Waals surface area (Å²) in [4.78, 5) is 14.0. The number of rotatable bonds is 4. The van der Waals surface area contributed by atoms with Crippen LogP contribution in [-0.4, -0.2) is 41.1 Å². The van der Waals surface area contributed by atoms with Crippen molar-refractivity contribution in [2.45, 2.75) is 32.0 Å². The summed E-state index contributed by atoms with van der Waals surface area (Å²) in [5.74, 6) is -0.0101. The van der Waals surface area contributed by atoms with Gasteiger partial charge >= 0.3 is 0 Å². The number of halogens is 1. The molecule has 5 heteroatoms. The average molecular weight is 283 g/mol. The molecule has 19 heavy (non-hydrogen) atoms. The highest BCUT2D eigenvalue weighted by molar-refractivity contribution is 6.30. The average Bonchev–Trinajstić information content (AvgIpc) is 2.83. The number of carbonyl (C=O) groups is 1. The van der Waals surface area contributed by atoms with Crippen LogP contribution >= 0.6 is 11.6 Å². The second-order valence-corrected chi connectivity index (χ2v) is 5.39. The van der Waals surface area contributed by atoms with E-state index in [1.165, 1.54) is 0 Å². The van der Waals surface area contributed by atoms with Crippen molar-refractivity contribution >= 4 is 17.5 Å². The van der Waals surface area contributed by atoms with Crippen molar-refractivity contribution in [3.05, 3.63) is 34.9 Å². The topological polar surface area (TPSA) is 52.6 Å². The Hall–Kier alpha value is -1.10. The van der Waals surface area contributed by atoms with E-state index in [9.17, 15) is 9.90 Å². The highest BCUT2D eigenvalue weighted by Gasteiger charge is 2.28. The van der Waals surface area contributed by atoms with E-state index in [0.29, 0.717) is 18.1 Å². The Morgan fingerprint density at radius 2 is 2.21 bits per heavy atom. The van der Waals surface area contributed by atoms with Crippen molar-refractivity contribution < 1.29 is 9.90 Å². The van der Waals surface area contributed by atoms with Crippen LogP contribution in [0.2, 0.25) is 5.02 Å². The van der Waals surface area contributed by atoms with Gasteiger partial charge in [-0.25, -0.2) is 0 Å². The number of β-amino-alcohol motifs (C(OH)–C–C–N with tert-alkyl or cyclic N) is 1. The standard InChI is InChI=1S/C14H19ClN2O2/c1-10(17-7-6-13(18)9-17)14(19)16-8-11-2-4-12(15)5-3-11/h2-5,10,13,18H,6-9H2,1H3,(H,16,19)/t10?,13-/m1/s1. The van der Waals surface area contributed by atoms with Gasteiger partial charge in [-0.1, -0.05) is 23.7 Å². The van der Waals surface area contributed by atoms with E-state index in [4.69, 9.17) is 11.6 Å². The largest absolute Gasteiger partial charge is 0.392 e. The van der Waals surface area contributed by atoms with Crippen molar-refractivity contribution in [1.29, 1.82) is 0 Å². The first kappa shape index (κ1) is 14.3. The summed E-state index contributed by atoms with van der Waals surface area (Å²) in [6, 6.07) is 7.20. The molecule has 2 atom stereocenters. The molecule has 2 N–H and O–H groups in total. The van der Waals surface area contributed by atoms with E-state index in [1.807, 2.05) is 36.1 Å². The summed E-state index contributed by atoms with van der Waals surface area (Å²) in [6.07, 6.45) is 0.445. The predicted octanol–water partition coefficient (Wildman–Crippen LogP) is 1.41. The molecule has 1 aliphatic rings. The highest BCUT2D eigenvalue weighted by Crippen LogP contribution is 2.13. The number of benzene rings is 1. The fourth-order valence-corrected chi connectivity index (χ4v) is 2.35. The molecule has 0 spiro atoms. The first-order valence-electron chi connectivity index (χ1n) is 6.50. The van der Waals surface area contributed by atoms with E-state index in [2.05, 4.69) is 5.32 Å². The van der Waals surface area contributed by atoms with Crippen molar-refractivity contribution in [1.82, 2.24) is 10.2 Å². The molecule has 4 nitrogen and oxygen atoms in total. The molecule has 0 aliphatic carbocycles. The summed E-state index contributed by atoms with van der Waals surface area (Å²) in [6.45, 7) is 3.72. The van der Waals surface area contributed by atoms with Crippen molar-refractivity contribution in [3.63, 3.8) is 0 Å². The number of nitrogens with zero attached hydrogens (tertiary/aromatic N) is 1. The minimum atomic E-state index is -0.300. The lowest BCUT2D eigenvalue weighted by molar-refractivity contribution is -0.125. The third kappa shape index (κ3) is 3.93. The normalized spacial score (nSPS) is 21.3. The molecule has 0 bridgehead atoms. The van der Waals surface area contributed by atoms with Crippen LogP contribution in [-0.2, 0) is 11.3 Å². The summed E-state index contributed by atoms with van der Waals surface area (Å²) in [5, 5.41) is 13.1. The van der Waals surface area contributed by atoms with Crippen LogP contribution in [0.4, 0.5) is 0 Å². The monoisotopic (exact) mass is 282 g/mol. The van der Waals surface area contributed by atoms with Gasteiger partial charge in [0.2, 0.25) is 5.91 Å². The number of hydrogen-bond donors (Lipinski definition) is 2. The minimum Gasteiger partial charge on any atom is -0.392 e. The van der Waals surface area contributed by atoms with Gasteiger partial charge in [0.1, 0.15) is 0 Å². The third-order valence-corrected chi connectivity index (χ3v) is 3.75. The Kier molecular flexibility index (Phi) is 4.80. The van der Waals surface area contributed by atoms with Crippen LogP contribution in [0.1, 0.15) is 18.9 Å². The molecule has 0 saturated carbocycles. The summed E-state index contributed by atoms with van der Waals surface area (Å²) in [7, 11) is 0. The minimum absolute atomic E-state index is 0.0101. The molecule has 1 aliphatic heterocycles. The van der Waals surface area contributed by atoms with E-state index in [0.717, 1.165) is 18.5 Å². The molecule has 1 unspecified atom stereocenters. The molecule has 2 rings (SSSR count). The summed E-state index contributed by atoms with van der Waals surface area (Å²) >= 11 is 5.81. The van der Waals surface area contributed by atoms with Crippen molar-refractivity contribution in [2.75, 3.05) is 13.1 Å². The molecule has 1 amide bonds. The molecule has 0 radical (unpaired) electrons. The van der Waals surface area contributed by atoms with E-state index >= 15 is 0 Å². The quantitative estimate of drug-likeness (QED) is 0.878. The molecule has 1 fully saturated rings. The lowest BCUT2D eigenvalue weighted by Crippen LogP contribution is -2.44. The number of amides is 1. The molecule has 0 aromatic heterocycles. The lowest BCUT2D eigenvalue weighted by Gasteiger charge is -2.22. The van der Waals surface area contributed by atoms with Crippen LogP contribution in [0.25, 0.3) is 0 Å². The van der Waals surface area contributed by atoms with Crippen LogP contribution in [0.3, 0.4) is 0 Å². The fourth-order valence-electron chi connectivity index (χ4n) is 2.22. The van der Waals surface area contributed by atoms with Gasteiger partial charge in [-0.05, 0) is 31.0 Å². The first-order chi connectivity index (χ1) is 9.06. The van der Waals surface area contributed by atoms with Gasteiger partial charge in [0.15, 0.2) is 0 Å². The molecule has 1 aromatic carbocycles. The molecular weight excluding hydrogens is 264 g/mol. The Morgan fingerprint density at radius 1 is 1.53 bits per heavy atom. The highest BCUT2D eigenvalue weighted by atomic mass is 35.5. The van der Waals surface area contributed by atoms with Crippen LogP contribution < -0.4 is 5.32 Å². The zero-order valence-corrected chi connectivity index (χ0v) is 11.7. The Morgan fingerprint density at radius 3 is 2.79 bits per heavy atom. The van der Waals surface area contributed by atoms with Gasteiger partial charge in [-0.15, -0.1) is 0 Å². The number of aliphatic hydroxyl groups excluding tert-OH is 1. The van der Waals surface area contributed by atoms with Crippen LogP contribution in [0, 0.1) is 0 Å². The van der Waals surface area contributed by atoms with Crippen LogP contribution in [0.5, 0.6) is 0 Å². The molecule has 104 valence electrons. The number of nitrogens with one attached hydrogen (secondary N) is 1. The fraction of sp³-hybridized carbons (Fsp3) is 0.500. The van der Waals surface area contributed by atoms with Gasteiger partial charge in [0.25, 0.3) is 0 Å². The number of hydrogen-bond acceptors (Lipinski definition) is 3. The lowest BCUT2D eigenvalue weighted by atomic mass is 10.2. The van der Waals surface area contributed by atoms with Gasteiger partial charge in [0, 0.05) is 24.7 Å². The molecular formula is C14H19ClN2O2. The number of carbonyl (C=O) groups excluding carboxylic acids is 1. The van der Waals surface area contributed by atoms with E-state index in [-0.39, 0.29) is 18.1 Å². The number of aliphatic hydroxyl groups is 1. The maximum Gasteiger partial charge on any atom is 0.237 e. The third-order valence-electron chi connectivity index (χ3n) is 3.50. The maximum absolute atomic E-state index is 12.0. The zero-order valence-electron chi connectivity index (χ0n) is 11.0. The Balaban J connectivity index is 1.82. The van der Waals surface area contributed by atoms with E-state index < -0.39 is 0 Å². The second kappa shape index (κ2) is 6.37. The first-order valence-corrected chi connectivity index (χ1v) is 6.88. The van der Waals surface area contributed by atoms with Gasteiger partial charge in [-0.2, -0.15) is 0 Å². The Labute approximate surface area is 118 Å². The summed E-state index contributed by atoms with van der Waals surface area (Å²) in [5.41, 5.74) is 1.02. The van der Waals surface area contributed by atoms with Gasteiger partial charge < -0.3 is 10.4 Å². The maximum atomic E-state index is 12.0. The van der Waals surface area contributed by atoms with Crippen molar-refractivity contribution in [3.8, 4) is 0 Å². The molecule has 1 aromatic rings. The SMILES string of the molecule is CC(C(=O)NCc1ccc(Cl)cc1)N1CC[C@@H](O)C1. The smallest absolute Gasteiger partial charge is 0.237 e. The predicted molar refractivity (Wildman–Crippen MR) is 75.0 cm³/mol. The summed E-state index contributed by atoms with van der Waals surface area (Å²) < 4.78 is 0. The van der Waals surface area contributed by atoms with Crippen LogP contribution in [0.15, 0.2) is 24.3 Å². The molecule has 1 saturated heterocycles. The Bertz CT molecular complexity index is 436.